The Kier molecular flexibility index (Phi) is 3.17. The SMILES string of the molecule is CC12CCC3C(CCC4CCCCC43C)C1CCC(=O)O2. The summed E-state index contributed by atoms with van der Waals surface area (Å²) in [6.45, 7) is 4.82. The Morgan fingerprint density at radius 1 is 0.952 bits per heavy atom. The maximum atomic E-state index is 11.8. The van der Waals surface area contributed by atoms with Crippen molar-refractivity contribution in [2.45, 2.75) is 83.7 Å². The highest BCUT2D eigenvalue weighted by atomic mass is 16.6. The number of hydrogen-bond donors (Lipinski definition) is 0. The quantitative estimate of drug-likeness (QED) is 0.604. The van der Waals surface area contributed by atoms with E-state index >= 15 is 0 Å². The highest BCUT2D eigenvalue weighted by Gasteiger charge is 2.58. The molecule has 6 atom stereocenters. The molecule has 0 amide bonds. The van der Waals surface area contributed by atoms with E-state index in [1.807, 2.05) is 0 Å². The van der Waals surface area contributed by atoms with E-state index in [1.54, 1.807) is 0 Å². The second-order valence-electron chi connectivity index (χ2n) is 8.77. The molecule has 1 aliphatic heterocycles. The lowest BCUT2D eigenvalue weighted by atomic mass is 9.46. The second kappa shape index (κ2) is 4.73. The molecule has 0 aromatic heterocycles. The van der Waals surface area contributed by atoms with Crippen molar-refractivity contribution in [3.63, 3.8) is 0 Å². The Morgan fingerprint density at radius 2 is 1.81 bits per heavy atom. The van der Waals surface area contributed by atoms with Crippen LogP contribution in [0.1, 0.15) is 78.1 Å². The van der Waals surface area contributed by atoms with Crippen LogP contribution in [-0.2, 0) is 9.53 Å². The molecule has 1 saturated heterocycles. The van der Waals surface area contributed by atoms with Crippen LogP contribution in [0, 0.1) is 29.1 Å². The highest BCUT2D eigenvalue weighted by molar-refractivity contribution is 5.70. The zero-order valence-corrected chi connectivity index (χ0v) is 13.7. The lowest BCUT2D eigenvalue weighted by molar-refractivity contribution is -0.202. The fraction of sp³-hybridized carbons (Fsp3) is 0.947. The summed E-state index contributed by atoms with van der Waals surface area (Å²) in [6, 6.07) is 0. The minimum atomic E-state index is -0.144. The van der Waals surface area contributed by atoms with Crippen LogP contribution in [0.15, 0.2) is 0 Å². The fourth-order valence-electron chi connectivity index (χ4n) is 6.81. The van der Waals surface area contributed by atoms with Crippen LogP contribution in [0.4, 0.5) is 0 Å². The number of carbonyl (C=O) groups excluding carboxylic acids is 1. The molecule has 2 heteroatoms. The third kappa shape index (κ3) is 2.00. The Hall–Kier alpha value is -0.530. The second-order valence-corrected chi connectivity index (χ2v) is 8.77. The first kappa shape index (κ1) is 14.1. The van der Waals surface area contributed by atoms with Gasteiger partial charge in [0.05, 0.1) is 0 Å². The zero-order valence-electron chi connectivity index (χ0n) is 13.7. The molecule has 3 aliphatic carbocycles. The first-order chi connectivity index (χ1) is 10.0. The maximum absolute atomic E-state index is 11.8. The number of fused-ring (bicyclic) bond motifs is 5. The predicted octanol–water partition coefficient (Wildman–Crippen LogP) is 4.71. The van der Waals surface area contributed by atoms with Gasteiger partial charge in [0.15, 0.2) is 0 Å². The van der Waals surface area contributed by atoms with Crippen molar-refractivity contribution in [3.05, 3.63) is 0 Å². The minimum absolute atomic E-state index is 0.0461. The molecule has 0 radical (unpaired) electrons. The molecule has 4 fully saturated rings. The third-order valence-corrected chi connectivity index (χ3v) is 7.92. The van der Waals surface area contributed by atoms with Gasteiger partial charge in [-0.1, -0.05) is 19.8 Å². The van der Waals surface area contributed by atoms with E-state index < -0.39 is 0 Å². The van der Waals surface area contributed by atoms with E-state index in [0.717, 1.165) is 30.6 Å². The summed E-state index contributed by atoms with van der Waals surface area (Å²) in [7, 11) is 0. The lowest BCUT2D eigenvalue weighted by Crippen LogP contribution is -2.57. The molecule has 118 valence electrons. The van der Waals surface area contributed by atoms with E-state index in [-0.39, 0.29) is 11.6 Å². The summed E-state index contributed by atoms with van der Waals surface area (Å²) in [5, 5.41) is 0. The summed E-state index contributed by atoms with van der Waals surface area (Å²) in [5.41, 5.74) is 0.443. The molecule has 0 N–H and O–H groups in total. The van der Waals surface area contributed by atoms with Gasteiger partial charge in [-0.05, 0) is 75.0 Å². The average molecular weight is 290 g/mol. The predicted molar refractivity (Wildman–Crippen MR) is 82.7 cm³/mol. The number of hydrogen-bond acceptors (Lipinski definition) is 2. The van der Waals surface area contributed by atoms with Crippen molar-refractivity contribution in [1.82, 2.24) is 0 Å². The first-order valence-electron chi connectivity index (χ1n) is 9.25. The van der Waals surface area contributed by atoms with E-state index in [0.29, 0.717) is 17.8 Å². The minimum Gasteiger partial charge on any atom is -0.459 e. The zero-order chi connectivity index (χ0) is 14.7. The van der Waals surface area contributed by atoms with Crippen LogP contribution in [-0.4, -0.2) is 11.6 Å². The van der Waals surface area contributed by atoms with Crippen molar-refractivity contribution >= 4 is 5.97 Å². The first-order valence-corrected chi connectivity index (χ1v) is 9.25. The number of esters is 1. The normalized spacial score (nSPS) is 53.1. The van der Waals surface area contributed by atoms with Crippen LogP contribution < -0.4 is 0 Å². The smallest absolute Gasteiger partial charge is 0.306 e. The molecule has 3 saturated carbocycles. The van der Waals surface area contributed by atoms with Gasteiger partial charge in [-0.2, -0.15) is 0 Å². The van der Waals surface area contributed by atoms with Gasteiger partial charge < -0.3 is 4.74 Å². The van der Waals surface area contributed by atoms with Gasteiger partial charge in [0.1, 0.15) is 5.60 Å². The standard InChI is InChI=1S/C19H30O2/c1-18-11-4-3-5-13(18)6-7-14-15(18)10-12-19(2)16(14)8-9-17(20)21-19/h13-16H,3-12H2,1-2H3. The van der Waals surface area contributed by atoms with Gasteiger partial charge in [0.25, 0.3) is 0 Å². The van der Waals surface area contributed by atoms with E-state index in [9.17, 15) is 4.79 Å². The molecule has 4 rings (SSSR count). The van der Waals surface area contributed by atoms with Gasteiger partial charge >= 0.3 is 5.97 Å². The molecule has 0 aromatic carbocycles. The Morgan fingerprint density at radius 3 is 2.67 bits per heavy atom. The average Bonchev–Trinajstić information content (AvgIpc) is 2.45. The molecule has 0 spiro atoms. The third-order valence-electron chi connectivity index (χ3n) is 7.92. The van der Waals surface area contributed by atoms with Crippen LogP contribution in [0.3, 0.4) is 0 Å². The van der Waals surface area contributed by atoms with Crippen molar-refractivity contribution < 1.29 is 9.53 Å². The van der Waals surface area contributed by atoms with Crippen LogP contribution >= 0.6 is 0 Å². The molecule has 4 aliphatic rings. The van der Waals surface area contributed by atoms with Gasteiger partial charge in [0, 0.05) is 12.3 Å². The van der Waals surface area contributed by atoms with Crippen LogP contribution in [0.2, 0.25) is 0 Å². The Bertz CT molecular complexity index is 445. The summed E-state index contributed by atoms with van der Waals surface area (Å²) in [4.78, 5) is 11.8. The lowest BCUT2D eigenvalue weighted by Gasteiger charge is -2.61. The number of rotatable bonds is 0. The van der Waals surface area contributed by atoms with E-state index in [1.165, 1.54) is 44.9 Å². The van der Waals surface area contributed by atoms with Crippen molar-refractivity contribution in [2.24, 2.45) is 29.1 Å². The summed E-state index contributed by atoms with van der Waals surface area (Å²) >= 11 is 0. The van der Waals surface area contributed by atoms with E-state index in [2.05, 4.69) is 13.8 Å². The van der Waals surface area contributed by atoms with Gasteiger partial charge in [-0.15, -0.1) is 0 Å². The van der Waals surface area contributed by atoms with Crippen molar-refractivity contribution in [1.29, 1.82) is 0 Å². The van der Waals surface area contributed by atoms with Crippen LogP contribution in [0.5, 0.6) is 0 Å². The van der Waals surface area contributed by atoms with Gasteiger partial charge in [-0.25, -0.2) is 0 Å². The molecular weight excluding hydrogens is 260 g/mol. The molecular formula is C19H30O2. The van der Waals surface area contributed by atoms with Crippen LogP contribution in [0.25, 0.3) is 0 Å². The van der Waals surface area contributed by atoms with E-state index in [4.69, 9.17) is 4.74 Å². The van der Waals surface area contributed by atoms with Gasteiger partial charge in [-0.3, -0.25) is 4.79 Å². The number of ether oxygens (including phenoxy) is 1. The fourth-order valence-corrected chi connectivity index (χ4v) is 6.81. The monoisotopic (exact) mass is 290 g/mol. The van der Waals surface area contributed by atoms with Crippen molar-refractivity contribution in [3.8, 4) is 0 Å². The highest BCUT2D eigenvalue weighted by Crippen LogP contribution is 2.63. The molecule has 2 nitrogen and oxygen atoms in total. The molecule has 6 unspecified atom stereocenters. The topological polar surface area (TPSA) is 26.3 Å². The van der Waals surface area contributed by atoms with Gasteiger partial charge in [0.2, 0.25) is 0 Å². The summed E-state index contributed by atoms with van der Waals surface area (Å²) < 4.78 is 5.86. The maximum Gasteiger partial charge on any atom is 0.306 e. The number of carbonyl (C=O) groups is 1. The largest absolute Gasteiger partial charge is 0.459 e. The Balaban J connectivity index is 1.63. The summed E-state index contributed by atoms with van der Waals surface area (Å²) in [6.07, 6.45) is 12.8. The molecule has 0 bridgehead atoms. The molecule has 21 heavy (non-hydrogen) atoms. The molecule has 1 heterocycles. The molecule has 0 aromatic rings. The van der Waals surface area contributed by atoms with Crippen molar-refractivity contribution in [2.75, 3.05) is 0 Å². The Labute approximate surface area is 129 Å². The summed E-state index contributed by atoms with van der Waals surface area (Å²) in [5.74, 6) is 3.36.